The third-order valence-corrected chi connectivity index (χ3v) is 3.93. The van der Waals surface area contributed by atoms with Gasteiger partial charge in [-0.25, -0.2) is 0 Å². The second-order valence-electron chi connectivity index (χ2n) is 3.63. The number of benzene rings is 1. The molecule has 1 aromatic carbocycles. The molecule has 1 aliphatic heterocycles. The van der Waals surface area contributed by atoms with Crippen LogP contribution in [0, 0.1) is 0 Å². The molecule has 2 rings (SSSR count). The Morgan fingerprint density at radius 2 is 2.14 bits per heavy atom. The molecule has 1 fully saturated rings. The smallest absolute Gasteiger partial charge is 0.163 e. The Balaban J connectivity index is 1.95. The van der Waals surface area contributed by atoms with E-state index in [0.717, 1.165) is 5.56 Å². The molecular formula is C12H14OS. The molecule has 0 aromatic heterocycles. The van der Waals surface area contributed by atoms with Gasteiger partial charge in [0.15, 0.2) is 5.78 Å². The number of carbonyl (C=O) groups is 1. The van der Waals surface area contributed by atoms with Crippen LogP contribution in [0.15, 0.2) is 30.3 Å². The van der Waals surface area contributed by atoms with Crippen molar-refractivity contribution in [3.63, 3.8) is 0 Å². The van der Waals surface area contributed by atoms with Gasteiger partial charge in [0.2, 0.25) is 0 Å². The quantitative estimate of drug-likeness (QED) is 0.707. The Kier molecular flexibility index (Phi) is 3.25. The lowest BCUT2D eigenvalue weighted by molar-refractivity contribution is 0.0982. The van der Waals surface area contributed by atoms with E-state index in [-0.39, 0.29) is 0 Å². The Hall–Kier alpha value is -0.760. The van der Waals surface area contributed by atoms with E-state index in [1.165, 1.54) is 18.6 Å². The number of thioether (sulfide) groups is 1. The number of hydrogen-bond donors (Lipinski definition) is 0. The highest BCUT2D eigenvalue weighted by Gasteiger charge is 2.19. The maximum Gasteiger partial charge on any atom is 0.163 e. The molecule has 1 atom stereocenters. The first kappa shape index (κ1) is 9.78. The van der Waals surface area contributed by atoms with Crippen LogP contribution in [0.2, 0.25) is 0 Å². The fourth-order valence-corrected chi connectivity index (χ4v) is 3.02. The van der Waals surface area contributed by atoms with Crippen molar-refractivity contribution in [2.75, 3.05) is 5.75 Å². The van der Waals surface area contributed by atoms with Gasteiger partial charge in [-0.1, -0.05) is 30.3 Å². The molecular weight excluding hydrogens is 192 g/mol. The maximum absolute atomic E-state index is 11.8. The minimum atomic E-state index is 0.296. The Morgan fingerprint density at radius 1 is 1.36 bits per heavy atom. The van der Waals surface area contributed by atoms with Crippen molar-refractivity contribution >= 4 is 17.5 Å². The zero-order valence-corrected chi connectivity index (χ0v) is 8.93. The van der Waals surface area contributed by atoms with Crippen LogP contribution >= 0.6 is 11.8 Å². The topological polar surface area (TPSA) is 17.1 Å². The van der Waals surface area contributed by atoms with Crippen molar-refractivity contribution in [3.05, 3.63) is 35.9 Å². The van der Waals surface area contributed by atoms with Gasteiger partial charge in [-0.2, -0.15) is 11.8 Å². The highest BCUT2D eigenvalue weighted by atomic mass is 32.2. The molecule has 0 radical (unpaired) electrons. The van der Waals surface area contributed by atoms with Crippen molar-refractivity contribution in [3.8, 4) is 0 Å². The van der Waals surface area contributed by atoms with Gasteiger partial charge in [-0.3, -0.25) is 4.79 Å². The molecule has 0 aliphatic carbocycles. The van der Waals surface area contributed by atoms with Crippen LogP contribution in [0.5, 0.6) is 0 Å². The van der Waals surface area contributed by atoms with E-state index in [2.05, 4.69) is 0 Å². The standard InChI is InChI=1S/C12H14OS/c13-12(9-11-7-4-8-14-11)10-5-2-1-3-6-10/h1-3,5-6,11H,4,7-9H2. The summed E-state index contributed by atoms with van der Waals surface area (Å²) in [4.78, 5) is 11.8. The Morgan fingerprint density at radius 3 is 2.79 bits per heavy atom. The number of rotatable bonds is 3. The summed E-state index contributed by atoms with van der Waals surface area (Å²) in [6, 6.07) is 9.61. The third-order valence-electron chi connectivity index (χ3n) is 2.53. The normalized spacial score (nSPS) is 21.0. The SMILES string of the molecule is O=C(CC1CCCS1)c1ccccc1. The molecule has 74 valence electrons. The lowest BCUT2D eigenvalue weighted by Crippen LogP contribution is -2.07. The van der Waals surface area contributed by atoms with Gasteiger partial charge in [0.25, 0.3) is 0 Å². The molecule has 14 heavy (non-hydrogen) atoms. The molecule has 0 saturated carbocycles. The molecule has 1 nitrogen and oxygen atoms in total. The van der Waals surface area contributed by atoms with E-state index in [1.807, 2.05) is 42.1 Å². The van der Waals surface area contributed by atoms with Crippen molar-refractivity contribution in [2.45, 2.75) is 24.5 Å². The van der Waals surface area contributed by atoms with Crippen molar-refractivity contribution < 1.29 is 4.79 Å². The first-order valence-corrected chi connectivity index (χ1v) is 6.11. The molecule has 1 saturated heterocycles. The number of ketones is 1. The van der Waals surface area contributed by atoms with Gasteiger partial charge in [-0.05, 0) is 18.6 Å². The highest BCUT2D eigenvalue weighted by Crippen LogP contribution is 2.29. The molecule has 0 amide bonds. The van der Waals surface area contributed by atoms with Crippen LogP contribution in [0.25, 0.3) is 0 Å². The predicted molar refractivity (Wildman–Crippen MR) is 60.9 cm³/mol. The molecule has 2 heteroatoms. The monoisotopic (exact) mass is 206 g/mol. The fourth-order valence-electron chi connectivity index (χ4n) is 1.75. The summed E-state index contributed by atoms with van der Waals surface area (Å²) in [5.74, 6) is 1.53. The van der Waals surface area contributed by atoms with Crippen LogP contribution in [0.3, 0.4) is 0 Å². The maximum atomic E-state index is 11.8. The van der Waals surface area contributed by atoms with Gasteiger partial charge in [-0.15, -0.1) is 0 Å². The summed E-state index contributed by atoms with van der Waals surface area (Å²) in [7, 11) is 0. The number of Topliss-reactive ketones (excluding diaryl/α,β-unsaturated/α-hetero) is 1. The van der Waals surface area contributed by atoms with E-state index in [9.17, 15) is 4.79 Å². The molecule has 1 aromatic rings. The summed E-state index contributed by atoms with van der Waals surface area (Å²) in [6.07, 6.45) is 3.20. The minimum Gasteiger partial charge on any atom is -0.294 e. The first-order valence-electron chi connectivity index (χ1n) is 5.06. The van der Waals surface area contributed by atoms with E-state index in [1.54, 1.807) is 0 Å². The van der Waals surface area contributed by atoms with Crippen LogP contribution in [0.4, 0.5) is 0 Å². The molecule has 1 heterocycles. The fraction of sp³-hybridized carbons (Fsp3) is 0.417. The second kappa shape index (κ2) is 4.65. The van der Waals surface area contributed by atoms with Gasteiger partial charge in [0.1, 0.15) is 0 Å². The summed E-state index contributed by atoms with van der Waals surface area (Å²) < 4.78 is 0. The first-order chi connectivity index (χ1) is 6.86. The molecule has 0 spiro atoms. The van der Waals surface area contributed by atoms with Crippen molar-refractivity contribution in [1.82, 2.24) is 0 Å². The van der Waals surface area contributed by atoms with E-state index < -0.39 is 0 Å². The summed E-state index contributed by atoms with van der Waals surface area (Å²) >= 11 is 1.94. The summed E-state index contributed by atoms with van der Waals surface area (Å²) in [6.45, 7) is 0. The largest absolute Gasteiger partial charge is 0.294 e. The summed E-state index contributed by atoms with van der Waals surface area (Å²) in [5.41, 5.74) is 0.861. The van der Waals surface area contributed by atoms with Crippen molar-refractivity contribution in [2.24, 2.45) is 0 Å². The van der Waals surface area contributed by atoms with Gasteiger partial charge in [0.05, 0.1) is 0 Å². The van der Waals surface area contributed by atoms with Crippen LogP contribution in [-0.4, -0.2) is 16.8 Å². The molecule has 1 unspecified atom stereocenters. The molecule has 0 N–H and O–H groups in total. The lowest BCUT2D eigenvalue weighted by atomic mass is 10.1. The third kappa shape index (κ3) is 2.38. The molecule has 1 aliphatic rings. The van der Waals surface area contributed by atoms with Crippen LogP contribution < -0.4 is 0 Å². The Labute approximate surface area is 88.9 Å². The summed E-state index contributed by atoms with van der Waals surface area (Å²) in [5, 5.41) is 0.572. The predicted octanol–water partition coefficient (Wildman–Crippen LogP) is 3.16. The van der Waals surface area contributed by atoms with E-state index in [4.69, 9.17) is 0 Å². The van der Waals surface area contributed by atoms with Gasteiger partial charge in [0, 0.05) is 17.2 Å². The minimum absolute atomic E-state index is 0.296. The van der Waals surface area contributed by atoms with E-state index in [0.29, 0.717) is 17.5 Å². The van der Waals surface area contributed by atoms with E-state index >= 15 is 0 Å². The average Bonchev–Trinajstić information content (AvgIpc) is 2.72. The zero-order valence-electron chi connectivity index (χ0n) is 8.11. The lowest BCUT2D eigenvalue weighted by Gasteiger charge is -2.06. The average molecular weight is 206 g/mol. The van der Waals surface area contributed by atoms with Crippen LogP contribution in [-0.2, 0) is 0 Å². The Bertz CT molecular complexity index is 301. The number of carbonyl (C=O) groups excluding carboxylic acids is 1. The zero-order chi connectivity index (χ0) is 9.80. The van der Waals surface area contributed by atoms with Gasteiger partial charge < -0.3 is 0 Å². The van der Waals surface area contributed by atoms with Crippen molar-refractivity contribution in [1.29, 1.82) is 0 Å². The number of hydrogen-bond acceptors (Lipinski definition) is 2. The highest BCUT2D eigenvalue weighted by molar-refractivity contribution is 8.00. The van der Waals surface area contributed by atoms with Crippen LogP contribution in [0.1, 0.15) is 29.6 Å². The van der Waals surface area contributed by atoms with Gasteiger partial charge >= 0.3 is 0 Å². The second-order valence-corrected chi connectivity index (χ2v) is 5.04. The molecule has 0 bridgehead atoms.